The number of hydrogen-bond acceptors (Lipinski definition) is 4. The van der Waals surface area contributed by atoms with Crippen molar-refractivity contribution in [3.05, 3.63) is 101 Å². The molecular formula is C25H17F4N3O3. The Bertz CT molecular complexity index is 1440. The number of carbonyl (C=O) groups is 2. The Labute approximate surface area is 196 Å². The lowest BCUT2D eigenvalue weighted by Crippen LogP contribution is -2.15. The van der Waals surface area contributed by atoms with E-state index in [1.54, 1.807) is 25.1 Å². The summed E-state index contributed by atoms with van der Waals surface area (Å²) in [6.07, 6.45) is 0. The maximum absolute atomic E-state index is 14.0. The van der Waals surface area contributed by atoms with Crippen LogP contribution in [0, 0.1) is 23.3 Å². The molecule has 0 fully saturated rings. The van der Waals surface area contributed by atoms with Crippen LogP contribution in [0.25, 0.3) is 16.9 Å². The Morgan fingerprint density at radius 3 is 2.46 bits per heavy atom. The smallest absolute Gasteiger partial charge is 0.358 e. The average Bonchev–Trinajstić information content (AvgIpc) is 3.27. The lowest BCUT2D eigenvalue weighted by molar-refractivity contribution is 0.0518. The molecule has 0 aliphatic heterocycles. The van der Waals surface area contributed by atoms with Gasteiger partial charge in [0.25, 0.3) is 5.91 Å². The van der Waals surface area contributed by atoms with Gasteiger partial charge in [-0.25, -0.2) is 27.0 Å². The van der Waals surface area contributed by atoms with Gasteiger partial charge in [0.05, 0.1) is 23.6 Å². The molecule has 0 saturated carbocycles. The molecule has 0 unspecified atom stereocenters. The quantitative estimate of drug-likeness (QED) is 0.223. The van der Waals surface area contributed by atoms with Crippen LogP contribution in [0.4, 0.5) is 23.2 Å². The van der Waals surface area contributed by atoms with Crippen molar-refractivity contribution in [2.45, 2.75) is 6.92 Å². The van der Waals surface area contributed by atoms with Crippen molar-refractivity contribution in [3.63, 3.8) is 0 Å². The molecule has 0 radical (unpaired) electrons. The van der Waals surface area contributed by atoms with E-state index < -0.39 is 40.7 Å². The summed E-state index contributed by atoms with van der Waals surface area (Å²) in [5.41, 5.74) is 0.461. The predicted molar refractivity (Wildman–Crippen MR) is 119 cm³/mol. The number of nitrogens with one attached hydrogen (secondary N) is 1. The minimum absolute atomic E-state index is 0.0298. The SMILES string of the molecule is CCOC(=O)c1cc(-c2cccc(NC(=O)c3cc(F)cc(F)c3F)c2)n(-c2cccc(F)c2)n1. The van der Waals surface area contributed by atoms with Gasteiger partial charge >= 0.3 is 5.97 Å². The van der Waals surface area contributed by atoms with Crippen LogP contribution in [-0.4, -0.2) is 28.3 Å². The Hall–Kier alpha value is -4.47. The van der Waals surface area contributed by atoms with E-state index in [9.17, 15) is 27.2 Å². The second kappa shape index (κ2) is 9.80. The first kappa shape index (κ1) is 23.7. The zero-order valence-electron chi connectivity index (χ0n) is 18.2. The number of hydrogen-bond donors (Lipinski definition) is 1. The van der Waals surface area contributed by atoms with Crippen LogP contribution in [0.3, 0.4) is 0 Å². The van der Waals surface area contributed by atoms with Crippen LogP contribution < -0.4 is 5.32 Å². The molecule has 0 spiro atoms. The first-order valence-electron chi connectivity index (χ1n) is 10.4. The minimum atomic E-state index is -1.49. The van der Waals surface area contributed by atoms with Crippen molar-refractivity contribution in [3.8, 4) is 16.9 Å². The van der Waals surface area contributed by atoms with E-state index in [0.29, 0.717) is 29.1 Å². The van der Waals surface area contributed by atoms with Crippen molar-refractivity contribution in [1.82, 2.24) is 9.78 Å². The van der Waals surface area contributed by atoms with Gasteiger partial charge in [-0.15, -0.1) is 0 Å². The van der Waals surface area contributed by atoms with Gasteiger partial charge in [0.1, 0.15) is 11.6 Å². The first-order chi connectivity index (χ1) is 16.8. The summed E-state index contributed by atoms with van der Waals surface area (Å²) in [5.74, 6) is -6.35. The summed E-state index contributed by atoms with van der Waals surface area (Å²) in [7, 11) is 0. The lowest BCUT2D eigenvalue weighted by Gasteiger charge is -2.11. The first-order valence-corrected chi connectivity index (χ1v) is 10.4. The number of amides is 1. The summed E-state index contributed by atoms with van der Waals surface area (Å²) < 4.78 is 61.2. The molecular weight excluding hydrogens is 466 g/mol. The fourth-order valence-corrected chi connectivity index (χ4v) is 3.37. The maximum atomic E-state index is 14.0. The number of ether oxygens (including phenoxy) is 1. The van der Waals surface area contributed by atoms with Crippen molar-refractivity contribution >= 4 is 17.6 Å². The summed E-state index contributed by atoms with van der Waals surface area (Å²) in [6, 6.07) is 14.0. The van der Waals surface area contributed by atoms with Crippen LogP contribution in [0.15, 0.2) is 66.7 Å². The highest BCUT2D eigenvalue weighted by molar-refractivity contribution is 6.04. The van der Waals surface area contributed by atoms with E-state index in [1.807, 2.05) is 0 Å². The van der Waals surface area contributed by atoms with Gasteiger partial charge < -0.3 is 10.1 Å². The van der Waals surface area contributed by atoms with Crippen LogP contribution in [0.5, 0.6) is 0 Å². The van der Waals surface area contributed by atoms with Crippen molar-refractivity contribution in [1.29, 1.82) is 0 Å². The van der Waals surface area contributed by atoms with Gasteiger partial charge in [-0.3, -0.25) is 4.79 Å². The molecule has 4 rings (SSSR count). The van der Waals surface area contributed by atoms with E-state index in [4.69, 9.17) is 4.74 Å². The van der Waals surface area contributed by atoms with Gasteiger partial charge in [0, 0.05) is 17.3 Å². The standard InChI is InChI=1S/C25H17F4N3O3/c1-2-35-25(34)21-13-22(32(31-21)18-8-4-6-15(26)10-18)14-5-3-7-17(9-14)30-24(33)19-11-16(27)12-20(28)23(19)29/h3-13H,2H2,1H3,(H,30,33). The van der Waals surface area contributed by atoms with Crippen molar-refractivity contribution in [2.24, 2.45) is 0 Å². The summed E-state index contributed by atoms with van der Waals surface area (Å²) in [4.78, 5) is 24.7. The Kier molecular flexibility index (Phi) is 6.63. The molecule has 1 heterocycles. The summed E-state index contributed by atoms with van der Waals surface area (Å²) in [6.45, 7) is 1.77. The number of nitrogens with zero attached hydrogens (tertiary/aromatic N) is 2. The van der Waals surface area contributed by atoms with Crippen molar-refractivity contribution < 1.29 is 31.9 Å². The molecule has 3 aromatic carbocycles. The number of anilines is 1. The molecule has 0 atom stereocenters. The zero-order valence-corrected chi connectivity index (χ0v) is 18.2. The number of halogens is 4. The largest absolute Gasteiger partial charge is 0.461 e. The third-order valence-electron chi connectivity index (χ3n) is 4.90. The maximum Gasteiger partial charge on any atom is 0.358 e. The molecule has 0 aliphatic rings. The molecule has 4 aromatic rings. The average molecular weight is 483 g/mol. The molecule has 0 bridgehead atoms. The highest BCUT2D eigenvalue weighted by Gasteiger charge is 2.20. The molecule has 6 nitrogen and oxygen atoms in total. The number of benzene rings is 3. The molecule has 10 heteroatoms. The third kappa shape index (κ3) is 5.06. The Morgan fingerprint density at radius 2 is 1.71 bits per heavy atom. The van der Waals surface area contributed by atoms with Crippen LogP contribution in [0.1, 0.15) is 27.8 Å². The van der Waals surface area contributed by atoms with E-state index in [2.05, 4.69) is 10.4 Å². The van der Waals surface area contributed by atoms with E-state index in [1.165, 1.54) is 41.1 Å². The molecule has 1 aromatic heterocycles. The number of aromatic nitrogens is 2. The lowest BCUT2D eigenvalue weighted by atomic mass is 10.1. The van der Waals surface area contributed by atoms with E-state index in [0.717, 1.165) is 0 Å². The number of rotatable bonds is 6. The molecule has 1 amide bonds. The molecule has 0 saturated heterocycles. The van der Waals surface area contributed by atoms with Crippen molar-refractivity contribution in [2.75, 3.05) is 11.9 Å². The zero-order chi connectivity index (χ0) is 25.1. The second-order valence-electron chi connectivity index (χ2n) is 7.31. The third-order valence-corrected chi connectivity index (χ3v) is 4.90. The predicted octanol–water partition coefficient (Wildman–Crippen LogP) is 5.52. The fraction of sp³-hybridized carbons (Fsp3) is 0.0800. The number of carbonyl (C=O) groups excluding carboxylic acids is 2. The highest BCUT2D eigenvalue weighted by Crippen LogP contribution is 2.27. The molecule has 0 aliphatic carbocycles. The fourth-order valence-electron chi connectivity index (χ4n) is 3.37. The van der Waals surface area contributed by atoms with E-state index in [-0.39, 0.29) is 18.0 Å². The van der Waals surface area contributed by atoms with E-state index >= 15 is 0 Å². The Balaban J connectivity index is 1.73. The van der Waals surface area contributed by atoms with Gasteiger partial charge in [-0.2, -0.15) is 5.10 Å². The topological polar surface area (TPSA) is 73.2 Å². The molecule has 1 N–H and O–H groups in total. The summed E-state index contributed by atoms with van der Waals surface area (Å²) >= 11 is 0. The molecule has 178 valence electrons. The monoisotopic (exact) mass is 483 g/mol. The minimum Gasteiger partial charge on any atom is -0.461 e. The van der Waals surface area contributed by atoms with Gasteiger partial charge in [0.2, 0.25) is 0 Å². The number of esters is 1. The Morgan fingerprint density at radius 1 is 0.943 bits per heavy atom. The van der Waals surface area contributed by atoms with Crippen LogP contribution in [0.2, 0.25) is 0 Å². The van der Waals surface area contributed by atoms with Crippen LogP contribution >= 0.6 is 0 Å². The molecule has 35 heavy (non-hydrogen) atoms. The van der Waals surface area contributed by atoms with Crippen LogP contribution in [-0.2, 0) is 4.74 Å². The van der Waals surface area contributed by atoms with Gasteiger partial charge in [-0.05, 0) is 49.4 Å². The normalized spacial score (nSPS) is 10.8. The van der Waals surface area contributed by atoms with Gasteiger partial charge in [-0.1, -0.05) is 18.2 Å². The summed E-state index contributed by atoms with van der Waals surface area (Å²) in [5, 5.41) is 6.63. The highest BCUT2D eigenvalue weighted by atomic mass is 19.2. The van der Waals surface area contributed by atoms with Gasteiger partial charge in [0.15, 0.2) is 17.3 Å². The second-order valence-corrected chi connectivity index (χ2v) is 7.31.